The largest absolute Gasteiger partial charge is 0.342 e. The Hall–Kier alpha value is -14.8. The van der Waals surface area contributed by atoms with E-state index >= 15 is 0 Å². The van der Waals surface area contributed by atoms with Gasteiger partial charge < -0.3 is 24.5 Å². The number of nitrogens with zero attached hydrogens (tertiary/aromatic N) is 15. The van der Waals surface area contributed by atoms with E-state index in [0.717, 1.165) is 101 Å². The minimum Gasteiger partial charge on any atom is -0.342 e. The molecule has 0 aliphatic carbocycles. The summed E-state index contributed by atoms with van der Waals surface area (Å²) in [7, 11) is 9.37. The zero-order valence-corrected chi connectivity index (χ0v) is 73.7. The summed E-state index contributed by atoms with van der Waals surface area (Å²) < 4.78 is 14.1. The molecule has 0 spiro atoms. The van der Waals surface area contributed by atoms with E-state index < -0.39 is 5.82 Å². The Morgan fingerprint density at radius 3 is 0.843 bits per heavy atom. The molecular formula is C102H86Cl4FN15O5. The van der Waals surface area contributed by atoms with Crippen molar-refractivity contribution in [2.45, 2.75) is 52.9 Å². The van der Waals surface area contributed by atoms with Crippen molar-refractivity contribution >= 4 is 132 Å². The van der Waals surface area contributed by atoms with Gasteiger partial charge in [-0.15, -0.1) is 12.8 Å². The highest BCUT2D eigenvalue weighted by atomic mass is 35.5. The van der Waals surface area contributed by atoms with Crippen LogP contribution < -0.4 is 24.5 Å². The van der Waals surface area contributed by atoms with Crippen molar-refractivity contribution in [1.29, 1.82) is 0 Å². The van der Waals surface area contributed by atoms with Crippen LogP contribution in [-0.2, 0) is 32.1 Å². The van der Waals surface area contributed by atoms with Crippen LogP contribution in [0.15, 0.2) is 306 Å². The first-order valence-corrected chi connectivity index (χ1v) is 41.1. The van der Waals surface area contributed by atoms with E-state index in [2.05, 4.69) is 61.7 Å². The van der Waals surface area contributed by atoms with Gasteiger partial charge in [-0.05, 0) is 164 Å². The number of aryl methyl sites for hydroxylation is 3. The topological polar surface area (TPSA) is 230 Å². The van der Waals surface area contributed by atoms with Crippen LogP contribution in [0.3, 0.4) is 0 Å². The third-order valence-corrected chi connectivity index (χ3v) is 21.2. The second-order valence-electron chi connectivity index (χ2n) is 29.3. The Labute approximate surface area is 757 Å². The molecule has 0 N–H and O–H groups in total. The van der Waals surface area contributed by atoms with Gasteiger partial charge in [0.25, 0.3) is 0 Å². The Morgan fingerprint density at radius 1 is 0.291 bits per heavy atom. The highest BCUT2D eigenvalue weighted by Crippen LogP contribution is 2.36. The summed E-state index contributed by atoms with van der Waals surface area (Å²) in [6, 6.07) is 63.9. The van der Waals surface area contributed by atoms with Crippen LogP contribution in [0.1, 0.15) is 107 Å². The molecule has 0 unspecified atom stereocenters. The van der Waals surface area contributed by atoms with Crippen molar-refractivity contribution in [3.05, 3.63) is 415 Å². The van der Waals surface area contributed by atoms with Crippen molar-refractivity contribution in [3.8, 4) is 24.7 Å². The molecule has 0 amide bonds. The molecule has 5 heterocycles. The summed E-state index contributed by atoms with van der Waals surface area (Å²) in [6.45, 7) is 5.94. The third-order valence-electron chi connectivity index (χ3n) is 20.0. The third kappa shape index (κ3) is 26.8. The monoisotopic (exact) mass is 1760 g/mol. The summed E-state index contributed by atoms with van der Waals surface area (Å²) in [5, 5.41) is 2.39. The van der Waals surface area contributed by atoms with Gasteiger partial charge in [-0.25, -0.2) is 54.2 Å². The molecule has 0 fully saturated rings. The molecule has 127 heavy (non-hydrogen) atoms. The van der Waals surface area contributed by atoms with Gasteiger partial charge in [0.05, 0.1) is 123 Å². The van der Waals surface area contributed by atoms with E-state index in [0.29, 0.717) is 78.4 Å². The molecule has 25 heteroatoms. The van der Waals surface area contributed by atoms with Crippen LogP contribution in [0.5, 0.6) is 0 Å². The predicted octanol–water partition coefficient (Wildman–Crippen LogP) is 22.0. The Kier molecular flexibility index (Phi) is 33.3. The molecular weight excluding hydrogens is 1680 g/mol. The molecule has 0 saturated heterocycles. The standard InChI is InChI=1S/C21H16ClN3O.C21H16FN3O.3C20H18ClN3O/c1-3-15-5-4-6-17(9-15)21(26)11-16-7-8-19(22)20(10-16)25(2)18-12-23-14-24-13-18;1-3-15-5-4-6-17(7-15)21(26)10-16-8-18(22)11-19(9-16)25(2)20-12-23-14-24-13-20;1-14-4-3-5-16(6-14)20(25)9-15-7-17(21)10-18(8-15)24(2)19-11-22-13-23-12-19;2*1-14-4-3-5-16(8-14)20(25)10-15-6-7-18(21)19(9-15)24(2)17-11-22-13-23-12-17/h1,4-10,12-14H,11H2,2H3;1,4-9,11-14H,10H2,2H3;3-8,10-13H,9H2,1-2H3;2*3-9,11-13H,10H2,1-2H3. The lowest BCUT2D eigenvalue weighted by Gasteiger charge is -2.20. The maximum absolute atomic E-state index is 14.1. The zero-order chi connectivity index (χ0) is 90.5. The molecule has 20 nitrogen and oxygen atoms in total. The number of Topliss-reactive ketones (excluding diaryl/α,β-unsaturated/α-hetero) is 5. The lowest BCUT2D eigenvalue weighted by atomic mass is 10.0. The molecule has 634 valence electrons. The van der Waals surface area contributed by atoms with Crippen LogP contribution >= 0.6 is 46.4 Å². The van der Waals surface area contributed by atoms with Crippen LogP contribution in [-0.4, -0.2) is 114 Å². The molecule has 0 saturated carbocycles. The second kappa shape index (κ2) is 45.5. The van der Waals surface area contributed by atoms with Gasteiger partial charge in [0.2, 0.25) is 0 Å². The first-order chi connectivity index (χ1) is 61.3. The maximum atomic E-state index is 14.1. The first-order valence-electron chi connectivity index (χ1n) is 39.6. The SMILES string of the molecule is C#Cc1cccc(C(=O)Cc2cc(F)cc(N(C)c3cncnc3)c2)c1.C#Cc1cccc(C(=O)Cc2ccc(Cl)c(N(C)c3cncnc3)c2)c1.Cc1cccc(C(=O)Cc2cc(Cl)cc(N(C)c3cncnc3)c2)c1.Cc1cccc(C(=O)Cc2ccc(Cl)c(N(C)c3cncnc3)c2)c1.Cc1cccc(C(=O)Cc2ccc(Cl)c(N(C)c3cncnc3)c2)c1. The molecule has 0 atom stereocenters. The summed E-state index contributed by atoms with van der Waals surface area (Å²) in [5.74, 6) is 4.77. The van der Waals surface area contributed by atoms with Crippen LogP contribution in [0, 0.1) is 51.3 Å². The Morgan fingerprint density at radius 2 is 0.551 bits per heavy atom. The van der Waals surface area contributed by atoms with Gasteiger partial charge >= 0.3 is 0 Å². The van der Waals surface area contributed by atoms with Crippen molar-refractivity contribution in [1.82, 2.24) is 49.8 Å². The average molecular weight is 1760 g/mol. The van der Waals surface area contributed by atoms with E-state index in [-0.39, 0.29) is 41.8 Å². The van der Waals surface area contributed by atoms with Gasteiger partial charge in [-0.2, -0.15) is 0 Å². The number of benzene rings is 10. The van der Waals surface area contributed by atoms with Gasteiger partial charge in [-0.1, -0.05) is 172 Å². The Balaban J connectivity index is 0.000000154. The second-order valence-corrected chi connectivity index (χ2v) is 31.0. The van der Waals surface area contributed by atoms with Crippen molar-refractivity contribution in [2.24, 2.45) is 0 Å². The predicted molar refractivity (Wildman–Crippen MR) is 505 cm³/mol. The van der Waals surface area contributed by atoms with E-state index in [9.17, 15) is 28.4 Å². The summed E-state index contributed by atoms with van der Waals surface area (Å²) in [4.78, 5) is 112. The number of anilines is 10. The Bertz CT molecular complexity index is 6300. The molecule has 15 aromatic rings. The number of rotatable bonds is 25. The molecule has 15 rings (SSSR count). The van der Waals surface area contributed by atoms with E-state index in [4.69, 9.17) is 59.3 Å². The lowest BCUT2D eigenvalue weighted by Crippen LogP contribution is -2.11. The normalized spacial score (nSPS) is 10.4. The fourth-order valence-electron chi connectivity index (χ4n) is 13.1. The fourth-order valence-corrected chi connectivity index (χ4v) is 14.1. The van der Waals surface area contributed by atoms with Gasteiger partial charge in [0, 0.05) is 123 Å². The maximum Gasteiger partial charge on any atom is 0.167 e. The molecule has 5 aromatic heterocycles. The van der Waals surface area contributed by atoms with Gasteiger partial charge in [-0.3, -0.25) is 24.0 Å². The number of ketones is 5. The first kappa shape index (κ1) is 92.9. The van der Waals surface area contributed by atoms with Crippen molar-refractivity contribution in [3.63, 3.8) is 0 Å². The smallest absolute Gasteiger partial charge is 0.167 e. The lowest BCUT2D eigenvalue weighted by molar-refractivity contribution is 0.0984. The van der Waals surface area contributed by atoms with E-state index in [1.54, 1.807) is 135 Å². The highest BCUT2D eigenvalue weighted by Gasteiger charge is 2.20. The van der Waals surface area contributed by atoms with Crippen molar-refractivity contribution < 1.29 is 28.4 Å². The summed E-state index contributed by atoms with van der Waals surface area (Å²) in [5.41, 5.74) is 19.9. The van der Waals surface area contributed by atoms with Gasteiger partial charge in [0.1, 0.15) is 37.5 Å². The summed E-state index contributed by atoms with van der Waals surface area (Å²) >= 11 is 25.3. The minimum atomic E-state index is -0.411. The quantitative estimate of drug-likeness (QED) is 0.0382. The highest BCUT2D eigenvalue weighted by molar-refractivity contribution is 6.34. The van der Waals surface area contributed by atoms with Crippen LogP contribution in [0.2, 0.25) is 20.1 Å². The zero-order valence-electron chi connectivity index (χ0n) is 70.7. The summed E-state index contributed by atoms with van der Waals surface area (Å²) in [6.07, 6.45) is 36.4. The minimum absolute atomic E-state index is 0.000991. The number of hydrogen-bond donors (Lipinski definition) is 0. The molecule has 0 radical (unpaired) electrons. The molecule has 0 aliphatic rings. The van der Waals surface area contributed by atoms with Crippen molar-refractivity contribution in [2.75, 3.05) is 59.7 Å². The van der Waals surface area contributed by atoms with Gasteiger partial charge in [0.15, 0.2) is 28.9 Å². The number of carbonyl (C=O) groups is 5. The molecule has 0 bridgehead atoms. The van der Waals surface area contributed by atoms with E-state index in [1.807, 2.05) is 208 Å². The number of aromatic nitrogens is 10. The average Bonchev–Trinajstić information content (AvgIpc) is 0.840. The number of carbonyl (C=O) groups excluding carboxylic acids is 5. The van der Waals surface area contributed by atoms with E-state index in [1.165, 1.54) is 43.8 Å². The number of halogens is 5. The molecule has 10 aromatic carbocycles. The van der Waals surface area contributed by atoms with Crippen LogP contribution in [0.25, 0.3) is 0 Å². The molecule has 0 aliphatic heterocycles. The van der Waals surface area contributed by atoms with Crippen LogP contribution in [0.4, 0.5) is 61.3 Å². The fraction of sp³-hybridized carbons (Fsp3) is 0.127. The number of hydrogen-bond acceptors (Lipinski definition) is 20. The number of terminal acetylenes is 2.